The number of nitrogen functional groups attached to an aromatic ring is 1. The number of amides is 1. The third-order valence-electron chi connectivity index (χ3n) is 7.13. The number of aliphatic hydroxyl groups excluding tert-OH is 3. The number of anilines is 1. The van der Waals surface area contributed by atoms with Gasteiger partial charge in [0.2, 0.25) is 0 Å². The van der Waals surface area contributed by atoms with E-state index in [0.29, 0.717) is 0 Å². The van der Waals surface area contributed by atoms with Crippen LogP contribution in [0.1, 0.15) is 22.8 Å². The van der Waals surface area contributed by atoms with Crippen LogP contribution in [-0.4, -0.2) is 110 Å². The molecule has 258 valence electrons. The topological polar surface area (TPSA) is 356 Å². The van der Waals surface area contributed by atoms with Gasteiger partial charge in [-0.25, -0.2) is 24.1 Å². The quantitative estimate of drug-likeness (QED) is 0.0670. The highest BCUT2D eigenvalue weighted by atomic mass is 31.3. The molecule has 10 atom stereocenters. The fraction of sp³-hybridized carbons (Fsp3) is 0.476. The number of rotatable bonds is 12. The predicted molar refractivity (Wildman–Crippen MR) is 149 cm³/mol. The van der Waals surface area contributed by atoms with Gasteiger partial charge in [-0.1, -0.05) is 0 Å². The average molecular weight is 728 g/mol. The number of pyridine rings is 1. The number of ether oxygens (including phenoxy) is 2. The summed E-state index contributed by atoms with van der Waals surface area (Å²) in [5.41, 5.74) is 9.11. The number of nitrogens with zero attached hydrogens (tertiary/aromatic N) is 5. The summed E-state index contributed by atoms with van der Waals surface area (Å²) >= 11 is 0. The number of carbonyl (C=O) groups excluding carboxylic acids is 1. The molecule has 2 aliphatic heterocycles. The zero-order valence-electron chi connectivity index (χ0n) is 23.5. The van der Waals surface area contributed by atoms with Gasteiger partial charge in [0.1, 0.15) is 47.5 Å². The molecule has 11 N–H and O–H groups in total. The number of primary amides is 1. The highest BCUT2D eigenvalue weighted by Gasteiger charge is 2.55. The van der Waals surface area contributed by atoms with E-state index in [4.69, 9.17) is 20.9 Å². The molecule has 47 heavy (non-hydrogen) atoms. The fourth-order valence-corrected chi connectivity index (χ4v) is 8.17. The minimum absolute atomic E-state index is 0.0165. The van der Waals surface area contributed by atoms with E-state index in [-0.39, 0.29) is 22.5 Å². The maximum atomic E-state index is 12.5. The lowest BCUT2D eigenvalue weighted by Gasteiger charge is -2.22. The number of hydrogen-bond donors (Lipinski definition) is 9. The van der Waals surface area contributed by atoms with E-state index in [2.05, 4.69) is 28.3 Å². The van der Waals surface area contributed by atoms with Gasteiger partial charge >= 0.3 is 23.2 Å². The lowest BCUT2D eigenvalue weighted by atomic mass is 10.1. The largest absolute Gasteiger partial charge is 0.481 e. The van der Waals surface area contributed by atoms with Crippen LogP contribution in [0.5, 0.6) is 0 Å². The summed E-state index contributed by atoms with van der Waals surface area (Å²) in [6.45, 7) is -2.05. The molecule has 3 aromatic rings. The molecular formula is C21H29N7O16P3+. The van der Waals surface area contributed by atoms with Crippen molar-refractivity contribution in [1.82, 2.24) is 19.5 Å². The molecular weight excluding hydrogens is 699 g/mol. The molecule has 5 rings (SSSR count). The SMILES string of the molecule is NC(=O)c1ccc[n+](C2O[C@H](COP(=O)(O)OP(=O)(O)OC[C@H]3O[C@@H](n4cnc5c(N)ncnc54)[C@H](P(=O)(O)O)[C@@H]3O)[C@@H](O)[C@H]2O)c1. The molecule has 0 radical (unpaired) electrons. The van der Waals surface area contributed by atoms with E-state index in [1.54, 1.807) is 0 Å². The fourth-order valence-electron chi connectivity index (χ4n) is 4.94. The Morgan fingerprint density at radius 2 is 1.60 bits per heavy atom. The number of carbonyl (C=O) groups is 1. The van der Waals surface area contributed by atoms with Crippen LogP contribution in [0, 0.1) is 0 Å². The Kier molecular flexibility index (Phi) is 9.99. The van der Waals surface area contributed by atoms with E-state index in [1.165, 1.54) is 29.1 Å². The van der Waals surface area contributed by atoms with Crippen LogP contribution in [0.3, 0.4) is 0 Å². The monoisotopic (exact) mass is 728 g/mol. The van der Waals surface area contributed by atoms with Gasteiger partial charge in [-0.15, -0.1) is 0 Å². The minimum atomic E-state index is -5.52. The lowest BCUT2D eigenvalue weighted by molar-refractivity contribution is -0.765. The normalized spacial score (nSPS) is 30.7. The summed E-state index contributed by atoms with van der Waals surface area (Å²) in [6, 6.07) is 2.79. The van der Waals surface area contributed by atoms with Crippen molar-refractivity contribution in [3.63, 3.8) is 0 Å². The van der Waals surface area contributed by atoms with Crippen LogP contribution in [0.4, 0.5) is 5.82 Å². The Labute approximate surface area is 262 Å². The Morgan fingerprint density at radius 3 is 2.21 bits per heavy atom. The summed E-state index contributed by atoms with van der Waals surface area (Å²) in [4.78, 5) is 63.2. The molecule has 2 saturated heterocycles. The number of aliphatic hydroxyl groups is 3. The number of phosphoric acid groups is 2. The van der Waals surface area contributed by atoms with Crippen LogP contribution in [0.2, 0.25) is 0 Å². The molecule has 23 nitrogen and oxygen atoms in total. The van der Waals surface area contributed by atoms with Crippen molar-refractivity contribution in [2.45, 2.75) is 48.6 Å². The van der Waals surface area contributed by atoms with Crippen LogP contribution < -0.4 is 16.0 Å². The maximum Gasteiger partial charge on any atom is 0.481 e. The van der Waals surface area contributed by atoms with Crippen molar-refractivity contribution in [1.29, 1.82) is 0 Å². The average Bonchev–Trinajstić information content (AvgIpc) is 3.64. The number of imidazole rings is 1. The van der Waals surface area contributed by atoms with Crippen molar-refractivity contribution in [2.24, 2.45) is 5.73 Å². The Bertz CT molecular complexity index is 1790. The van der Waals surface area contributed by atoms with Gasteiger partial charge in [0.05, 0.1) is 19.5 Å². The Hall–Kier alpha value is -2.82. The van der Waals surface area contributed by atoms with Gasteiger partial charge < -0.3 is 55.8 Å². The number of fused-ring (bicyclic) bond motifs is 1. The minimum Gasteiger partial charge on any atom is -0.389 e. The molecule has 1 amide bonds. The summed E-state index contributed by atoms with van der Waals surface area (Å²) in [6.07, 6.45) is -6.73. The molecule has 0 aliphatic carbocycles. The highest BCUT2D eigenvalue weighted by molar-refractivity contribution is 7.61. The molecule has 26 heteroatoms. The first-order valence-electron chi connectivity index (χ1n) is 13.2. The summed E-state index contributed by atoms with van der Waals surface area (Å²) in [5, 5.41) is 31.5. The van der Waals surface area contributed by atoms with Crippen LogP contribution in [-0.2, 0) is 36.5 Å². The molecule has 2 fully saturated rings. The van der Waals surface area contributed by atoms with Gasteiger partial charge in [0.15, 0.2) is 36.2 Å². The summed E-state index contributed by atoms with van der Waals surface area (Å²) in [7, 11) is -16.1. The van der Waals surface area contributed by atoms with Crippen molar-refractivity contribution in [3.05, 3.63) is 42.7 Å². The lowest BCUT2D eigenvalue weighted by Crippen LogP contribution is -2.46. The van der Waals surface area contributed by atoms with Crippen LogP contribution in [0.25, 0.3) is 11.2 Å². The molecule has 3 unspecified atom stereocenters. The number of hydrogen-bond acceptors (Lipinski definition) is 16. The predicted octanol–water partition coefficient (Wildman–Crippen LogP) is -2.83. The van der Waals surface area contributed by atoms with Gasteiger partial charge in [0, 0.05) is 6.07 Å². The first-order valence-corrected chi connectivity index (χ1v) is 17.9. The third-order valence-corrected chi connectivity index (χ3v) is 11.1. The third kappa shape index (κ3) is 7.60. The Morgan fingerprint density at radius 1 is 0.957 bits per heavy atom. The van der Waals surface area contributed by atoms with E-state index < -0.39 is 91.0 Å². The Balaban J connectivity index is 1.21. The number of nitrogens with two attached hydrogens (primary N) is 2. The van der Waals surface area contributed by atoms with E-state index in [9.17, 15) is 53.4 Å². The standard InChI is InChI=1S/C21H28N7O16P3/c22-17-12-19(25-7-24-17)28(8-26-12)21-16(45(33,34)35)14(30)11(43-21)6-41-47(38,39)44-46(36,37)40-5-10-13(29)15(31)20(42-10)27-3-1-2-9(4-27)18(23)32/h1-4,7-8,10-11,13-16,20-21,29-31H,5-6H2,(H7-,22,23,24,25,32,33,34,35,36,37,38,39)/p+1/t10-,11-,13-,14-,15-,16-,20?,21-/m1/s1. The molecule has 5 heterocycles. The molecule has 0 spiro atoms. The van der Waals surface area contributed by atoms with Crippen LogP contribution in [0.15, 0.2) is 37.2 Å². The van der Waals surface area contributed by atoms with Gasteiger partial charge in [-0.05, 0) is 6.07 Å². The zero-order chi connectivity index (χ0) is 34.5. The van der Waals surface area contributed by atoms with Crippen molar-refractivity contribution >= 4 is 46.1 Å². The highest BCUT2D eigenvalue weighted by Crippen LogP contribution is 2.61. The van der Waals surface area contributed by atoms with Gasteiger partial charge in [-0.2, -0.15) is 8.88 Å². The second-order valence-electron chi connectivity index (χ2n) is 10.3. The van der Waals surface area contributed by atoms with Crippen molar-refractivity contribution < 1.29 is 80.8 Å². The van der Waals surface area contributed by atoms with Gasteiger partial charge in [-0.3, -0.25) is 23.0 Å². The maximum absolute atomic E-state index is 12.5. The summed E-state index contributed by atoms with van der Waals surface area (Å²) in [5.74, 6) is -0.850. The second kappa shape index (κ2) is 13.2. The van der Waals surface area contributed by atoms with Gasteiger partial charge in [0.25, 0.3) is 12.1 Å². The first-order chi connectivity index (χ1) is 21.9. The molecule has 2 aliphatic rings. The van der Waals surface area contributed by atoms with E-state index in [0.717, 1.165) is 17.2 Å². The molecule has 3 aromatic heterocycles. The second-order valence-corrected chi connectivity index (χ2v) is 15.1. The summed E-state index contributed by atoms with van der Waals surface area (Å²) < 4.78 is 64.2. The number of phosphoric ester groups is 2. The van der Waals surface area contributed by atoms with Crippen molar-refractivity contribution in [2.75, 3.05) is 18.9 Å². The number of aromatic nitrogens is 5. The van der Waals surface area contributed by atoms with Crippen LogP contribution >= 0.6 is 23.2 Å². The molecule has 0 aromatic carbocycles. The smallest absolute Gasteiger partial charge is 0.389 e. The van der Waals surface area contributed by atoms with Crippen molar-refractivity contribution in [3.8, 4) is 0 Å². The molecule has 0 bridgehead atoms. The zero-order valence-corrected chi connectivity index (χ0v) is 26.2. The van der Waals surface area contributed by atoms with E-state index in [1.807, 2.05) is 0 Å². The first kappa shape index (κ1) is 35.5. The molecule has 0 saturated carbocycles. The van der Waals surface area contributed by atoms with E-state index >= 15 is 0 Å².